The van der Waals surface area contributed by atoms with E-state index in [0.717, 1.165) is 45.3 Å². The minimum atomic E-state index is -0.852. The molecular formula is C27H29ClF2N6O. The second kappa shape index (κ2) is 8.99. The Morgan fingerprint density at radius 2 is 1.95 bits per heavy atom. The van der Waals surface area contributed by atoms with Crippen LogP contribution in [0.15, 0.2) is 30.5 Å². The van der Waals surface area contributed by atoms with E-state index in [1.807, 2.05) is 0 Å². The first-order valence-electron chi connectivity index (χ1n) is 13.1. The summed E-state index contributed by atoms with van der Waals surface area (Å²) in [5.74, 6) is 0.0774. The maximum absolute atomic E-state index is 16.1. The molecule has 1 aromatic carbocycles. The molecule has 6 heterocycles. The highest BCUT2D eigenvalue weighted by Crippen LogP contribution is 2.41. The van der Waals surface area contributed by atoms with E-state index in [0.29, 0.717) is 46.8 Å². The highest BCUT2D eigenvalue weighted by molar-refractivity contribution is 6.33. The van der Waals surface area contributed by atoms with Crippen molar-refractivity contribution in [3.05, 3.63) is 41.3 Å². The summed E-state index contributed by atoms with van der Waals surface area (Å²) in [5.41, 5.74) is 0.467. The summed E-state index contributed by atoms with van der Waals surface area (Å²) in [5, 5.41) is 4.60. The first-order valence-corrected chi connectivity index (χ1v) is 13.5. The fraction of sp³-hybridized carbons (Fsp3) is 0.519. The van der Waals surface area contributed by atoms with Crippen LogP contribution in [-0.4, -0.2) is 76.4 Å². The van der Waals surface area contributed by atoms with Crippen LogP contribution in [0.25, 0.3) is 22.2 Å². The predicted molar refractivity (Wildman–Crippen MR) is 138 cm³/mol. The number of nitrogens with one attached hydrogen (secondary N) is 1. The minimum absolute atomic E-state index is 0.118. The topological polar surface area (TPSA) is 66.4 Å². The van der Waals surface area contributed by atoms with Gasteiger partial charge in [-0.15, -0.1) is 0 Å². The molecule has 4 aliphatic heterocycles. The van der Waals surface area contributed by atoms with Gasteiger partial charge in [0.25, 0.3) is 0 Å². The number of fused-ring (bicyclic) bond motifs is 4. The lowest BCUT2D eigenvalue weighted by Gasteiger charge is -2.34. The normalized spacial score (nSPS) is 29.3. The summed E-state index contributed by atoms with van der Waals surface area (Å²) in [6, 6.07) is 7.92. The van der Waals surface area contributed by atoms with Gasteiger partial charge >= 0.3 is 6.01 Å². The van der Waals surface area contributed by atoms with Crippen molar-refractivity contribution in [2.75, 3.05) is 37.7 Å². The summed E-state index contributed by atoms with van der Waals surface area (Å²) in [6.07, 6.45) is 5.36. The standard InChI is InChI=1S/C27H29ClF2N6O/c28-21-5-2-1-4-19(21)23-22(30)24-20(11-31-23)25(35-13-17-6-7-18(14-35)32-17)34-26(33-24)37-15-27-8-3-9-36(27)12-16(29)10-27/h1-2,4-5,11,16-18,32H,3,6-10,12-15H2/t16?,17-,18+,27?. The molecule has 0 saturated carbocycles. The lowest BCUT2D eigenvalue weighted by atomic mass is 9.95. The van der Waals surface area contributed by atoms with Gasteiger partial charge in [0.1, 0.15) is 29.8 Å². The van der Waals surface area contributed by atoms with E-state index in [4.69, 9.17) is 21.3 Å². The van der Waals surface area contributed by atoms with Crippen molar-refractivity contribution in [2.24, 2.45) is 0 Å². The predicted octanol–water partition coefficient (Wildman–Crippen LogP) is 4.38. The number of anilines is 1. The van der Waals surface area contributed by atoms with Gasteiger partial charge in [-0.25, -0.2) is 8.78 Å². The van der Waals surface area contributed by atoms with E-state index in [1.165, 1.54) is 0 Å². The zero-order chi connectivity index (χ0) is 25.1. The van der Waals surface area contributed by atoms with Gasteiger partial charge in [0.15, 0.2) is 5.82 Å². The van der Waals surface area contributed by atoms with Crippen molar-refractivity contribution in [3.63, 3.8) is 0 Å². The third-order valence-electron chi connectivity index (χ3n) is 8.52. The Morgan fingerprint density at radius 1 is 1.14 bits per heavy atom. The molecule has 37 heavy (non-hydrogen) atoms. The SMILES string of the molecule is Fc1c(-c2ccccc2Cl)ncc2c(N3C[C@H]4CC[C@@H](C3)N4)nc(OCC34CCCN3CC(F)C4)nc12. The third-order valence-corrected chi connectivity index (χ3v) is 8.85. The molecule has 3 aromatic rings. The Kier molecular flexibility index (Phi) is 5.71. The van der Waals surface area contributed by atoms with E-state index < -0.39 is 12.0 Å². The molecule has 7 rings (SSSR count). The van der Waals surface area contributed by atoms with Crippen molar-refractivity contribution in [1.82, 2.24) is 25.2 Å². The summed E-state index contributed by atoms with van der Waals surface area (Å²) in [6.45, 7) is 3.15. The molecule has 2 unspecified atom stereocenters. The molecule has 194 valence electrons. The van der Waals surface area contributed by atoms with Crippen LogP contribution in [0.1, 0.15) is 32.1 Å². The van der Waals surface area contributed by atoms with E-state index in [1.54, 1.807) is 30.5 Å². The number of rotatable bonds is 5. The number of aromatic nitrogens is 3. The van der Waals surface area contributed by atoms with Gasteiger partial charge in [-0.3, -0.25) is 9.88 Å². The van der Waals surface area contributed by atoms with Gasteiger partial charge in [-0.2, -0.15) is 9.97 Å². The van der Waals surface area contributed by atoms with Crippen LogP contribution in [0, 0.1) is 5.82 Å². The van der Waals surface area contributed by atoms with Gasteiger partial charge < -0.3 is 15.0 Å². The zero-order valence-electron chi connectivity index (χ0n) is 20.5. The summed E-state index contributed by atoms with van der Waals surface area (Å²) in [4.78, 5) is 18.2. The van der Waals surface area contributed by atoms with E-state index in [9.17, 15) is 4.39 Å². The molecule has 4 atom stereocenters. The average molecular weight is 527 g/mol. The first kappa shape index (κ1) is 23.5. The second-order valence-electron chi connectivity index (χ2n) is 10.9. The molecule has 2 aromatic heterocycles. The van der Waals surface area contributed by atoms with E-state index >= 15 is 4.39 Å². The number of halogens is 3. The first-order chi connectivity index (χ1) is 18.0. The number of hydrogen-bond acceptors (Lipinski definition) is 7. The molecular weight excluding hydrogens is 498 g/mol. The Morgan fingerprint density at radius 3 is 2.76 bits per heavy atom. The number of ether oxygens (including phenoxy) is 1. The monoisotopic (exact) mass is 526 g/mol. The minimum Gasteiger partial charge on any atom is -0.461 e. The summed E-state index contributed by atoms with van der Waals surface area (Å²) in [7, 11) is 0. The Labute approximate surface area is 219 Å². The molecule has 4 fully saturated rings. The summed E-state index contributed by atoms with van der Waals surface area (Å²) < 4.78 is 36.6. The van der Waals surface area contributed by atoms with Crippen LogP contribution >= 0.6 is 11.6 Å². The molecule has 0 amide bonds. The highest BCUT2D eigenvalue weighted by atomic mass is 35.5. The molecule has 7 nitrogen and oxygen atoms in total. The van der Waals surface area contributed by atoms with Gasteiger partial charge in [-0.05, 0) is 38.3 Å². The lowest BCUT2D eigenvalue weighted by molar-refractivity contribution is 0.107. The number of pyridine rings is 1. The molecule has 4 saturated heterocycles. The van der Waals surface area contributed by atoms with Crippen LogP contribution in [0.4, 0.5) is 14.6 Å². The molecule has 1 N–H and O–H groups in total. The number of hydrogen-bond donors (Lipinski definition) is 1. The number of piperazine rings is 1. The summed E-state index contributed by atoms with van der Waals surface area (Å²) >= 11 is 6.38. The molecule has 0 aliphatic carbocycles. The van der Waals surface area contributed by atoms with E-state index in [2.05, 4.69) is 25.1 Å². The number of benzene rings is 1. The Balaban J connectivity index is 1.30. The van der Waals surface area contributed by atoms with Gasteiger partial charge in [0, 0.05) is 49.9 Å². The van der Waals surface area contributed by atoms with Crippen LogP contribution in [0.2, 0.25) is 5.02 Å². The maximum atomic E-state index is 16.1. The molecule has 4 aliphatic rings. The fourth-order valence-electron chi connectivity index (χ4n) is 6.79. The third kappa shape index (κ3) is 4.02. The van der Waals surface area contributed by atoms with Crippen molar-refractivity contribution >= 4 is 28.3 Å². The van der Waals surface area contributed by atoms with Gasteiger partial charge in [0.2, 0.25) is 0 Å². The fourth-order valence-corrected chi connectivity index (χ4v) is 7.01. The Bertz CT molecular complexity index is 1350. The average Bonchev–Trinajstić information content (AvgIpc) is 3.54. The molecule has 10 heteroatoms. The largest absolute Gasteiger partial charge is 0.461 e. The van der Waals surface area contributed by atoms with Crippen LogP contribution in [0.5, 0.6) is 6.01 Å². The molecule has 0 radical (unpaired) electrons. The van der Waals surface area contributed by atoms with Crippen LogP contribution in [-0.2, 0) is 0 Å². The molecule has 2 bridgehead atoms. The number of alkyl halides is 1. The smallest absolute Gasteiger partial charge is 0.319 e. The van der Waals surface area contributed by atoms with Crippen molar-refractivity contribution in [1.29, 1.82) is 0 Å². The van der Waals surface area contributed by atoms with Gasteiger partial charge in [-0.1, -0.05) is 29.8 Å². The molecule has 0 spiro atoms. The van der Waals surface area contributed by atoms with Crippen LogP contribution < -0.4 is 15.0 Å². The zero-order valence-corrected chi connectivity index (χ0v) is 21.2. The Hall–Kier alpha value is -2.62. The lowest BCUT2D eigenvalue weighted by Crippen LogP contribution is -2.51. The quantitative estimate of drug-likeness (QED) is 0.529. The van der Waals surface area contributed by atoms with Crippen molar-refractivity contribution < 1.29 is 13.5 Å². The second-order valence-corrected chi connectivity index (χ2v) is 11.3. The number of nitrogens with zero attached hydrogens (tertiary/aromatic N) is 5. The maximum Gasteiger partial charge on any atom is 0.319 e. The van der Waals surface area contributed by atoms with Crippen molar-refractivity contribution in [3.8, 4) is 17.3 Å². The van der Waals surface area contributed by atoms with Crippen molar-refractivity contribution in [2.45, 2.75) is 55.9 Å². The highest BCUT2D eigenvalue weighted by Gasteiger charge is 2.49. The van der Waals surface area contributed by atoms with E-state index in [-0.39, 0.29) is 29.4 Å². The van der Waals surface area contributed by atoms with Crippen LogP contribution in [0.3, 0.4) is 0 Å². The van der Waals surface area contributed by atoms with Gasteiger partial charge in [0.05, 0.1) is 15.9 Å².